The van der Waals surface area contributed by atoms with Gasteiger partial charge in [0.05, 0.1) is 11.7 Å². The molecule has 17 heavy (non-hydrogen) atoms. The molecule has 3 rings (SSSR count). The van der Waals surface area contributed by atoms with Gasteiger partial charge in [0.25, 0.3) is 0 Å². The number of aromatic amines is 1. The van der Waals surface area contributed by atoms with Crippen LogP contribution in [0.5, 0.6) is 0 Å². The van der Waals surface area contributed by atoms with Crippen molar-refractivity contribution in [3.05, 3.63) is 35.1 Å². The first-order valence-corrected chi connectivity index (χ1v) is 6.82. The predicted octanol–water partition coefficient (Wildman–Crippen LogP) is 2.93. The number of nitrogens with zero attached hydrogens (tertiary/aromatic N) is 2. The third-order valence-electron chi connectivity index (χ3n) is 3.09. The highest BCUT2D eigenvalue weighted by molar-refractivity contribution is 8.03. The van der Waals surface area contributed by atoms with Crippen molar-refractivity contribution in [1.82, 2.24) is 14.9 Å². The number of pyridine rings is 1. The molecule has 88 valence electrons. The van der Waals surface area contributed by atoms with Gasteiger partial charge in [0.15, 0.2) is 0 Å². The number of thioether (sulfide) groups is 1. The van der Waals surface area contributed by atoms with Crippen molar-refractivity contribution in [2.75, 3.05) is 19.0 Å². The van der Waals surface area contributed by atoms with Crippen LogP contribution in [0.2, 0.25) is 0 Å². The molecule has 2 aromatic heterocycles. The van der Waals surface area contributed by atoms with Crippen LogP contribution in [-0.4, -0.2) is 33.8 Å². The summed E-state index contributed by atoms with van der Waals surface area (Å²) < 4.78 is 0. The van der Waals surface area contributed by atoms with Gasteiger partial charge in [-0.05, 0) is 18.7 Å². The Morgan fingerprint density at radius 3 is 3.35 bits per heavy atom. The van der Waals surface area contributed by atoms with Crippen LogP contribution in [0.25, 0.3) is 17.0 Å². The van der Waals surface area contributed by atoms with E-state index in [2.05, 4.69) is 40.1 Å². The van der Waals surface area contributed by atoms with E-state index in [1.165, 1.54) is 15.9 Å². The number of H-pyrrole nitrogens is 1. The van der Waals surface area contributed by atoms with Gasteiger partial charge in [-0.15, -0.1) is 11.8 Å². The Morgan fingerprint density at radius 2 is 2.53 bits per heavy atom. The first-order chi connectivity index (χ1) is 8.36. The molecule has 0 amide bonds. The summed E-state index contributed by atoms with van der Waals surface area (Å²) in [7, 11) is 0. The van der Waals surface area contributed by atoms with E-state index in [0.29, 0.717) is 0 Å². The second-order valence-electron chi connectivity index (χ2n) is 4.19. The first-order valence-electron chi connectivity index (χ1n) is 5.83. The predicted molar refractivity (Wildman–Crippen MR) is 73.8 cm³/mol. The molecule has 3 nitrogen and oxygen atoms in total. The highest BCUT2D eigenvalue weighted by atomic mass is 32.2. The van der Waals surface area contributed by atoms with Crippen molar-refractivity contribution in [3.63, 3.8) is 0 Å². The Balaban J connectivity index is 1.92. The standard InChI is InChI=1S/C13H15N3S/c1-2-16-8-11(17-9-16)5-10-6-15-13-7-14-4-3-12(10)13/h3-7,15H,2,8-9H2,1H3/b11-5-. The normalized spacial score (nSPS) is 19.5. The molecule has 0 spiro atoms. The quantitative estimate of drug-likeness (QED) is 0.882. The lowest BCUT2D eigenvalue weighted by molar-refractivity contribution is 0.387. The fraction of sp³-hybridized carbons (Fsp3) is 0.308. The van der Waals surface area contributed by atoms with Gasteiger partial charge in [0.1, 0.15) is 0 Å². The van der Waals surface area contributed by atoms with Crippen LogP contribution in [0.1, 0.15) is 12.5 Å². The van der Waals surface area contributed by atoms with E-state index in [0.717, 1.165) is 24.5 Å². The summed E-state index contributed by atoms with van der Waals surface area (Å²) in [4.78, 5) is 11.3. The van der Waals surface area contributed by atoms with E-state index in [1.54, 1.807) is 0 Å². The minimum absolute atomic E-state index is 1.08. The van der Waals surface area contributed by atoms with E-state index in [9.17, 15) is 0 Å². The fourth-order valence-corrected chi connectivity index (χ4v) is 3.17. The molecular formula is C13H15N3S. The van der Waals surface area contributed by atoms with Crippen LogP contribution >= 0.6 is 11.8 Å². The van der Waals surface area contributed by atoms with Crippen molar-refractivity contribution in [2.24, 2.45) is 0 Å². The molecule has 4 heteroatoms. The first kappa shape index (κ1) is 10.9. The highest BCUT2D eigenvalue weighted by Gasteiger charge is 2.15. The Bertz CT molecular complexity index is 559. The summed E-state index contributed by atoms with van der Waals surface area (Å²) in [6.45, 7) is 4.42. The zero-order valence-electron chi connectivity index (χ0n) is 9.81. The summed E-state index contributed by atoms with van der Waals surface area (Å²) >= 11 is 1.94. The van der Waals surface area contributed by atoms with Gasteiger partial charge in [0, 0.05) is 40.7 Å². The molecule has 0 atom stereocenters. The number of nitrogens with one attached hydrogen (secondary N) is 1. The van der Waals surface area contributed by atoms with Crippen molar-refractivity contribution < 1.29 is 0 Å². The van der Waals surface area contributed by atoms with Crippen LogP contribution in [-0.2, 0) is 0 Å². The molecule has 3 heterocycles. The minimum Gasteiger partial charge on any atom is -0.359 e. The smallest absolute Gasteiger partial charge is 0.0646 e. The molecule has 1 aliphatic rings. The van der Waals surface area contributed by atoms with Gasteiger partial charge >= 0.3 is 0 Å². The van der Waals surface area contributed by atoms with Gasteiger partial charge < -0.3 is 4.98 Å². The van der Waals surface area contributed by atoms with Crippen LogP contribution in [0.3, 0.4) is 0 Å². The van der Waals surface area contributed by atoms with E-state index in [4.69, 9.17) is 0 Å². The number of likely N-dealkylation sites (N-methyl/N-ethyl adjacent to an activating group) is 1. The maximum Gasteiger partial charge on any atom is 0.0646 e. The van der Waals surface area contributed by atoms with Crippen molar-refractivity contribution in [3.8, 4) is 0 Å². The zero-order valence-corrected chi connectivity index (χ0v) is 10.6. The van der Waals surface area contributed by atoms with Crippen molar-refractivity contribution in [1.29, 1.82) is 0 Å². The molecule has 0 radical (unpaired) electrons. The number of hydrogen-bond donors (Lipinski definition) is 1. The molecule has 0 aromatic carbocycles. The SMILES string of the molecule is CCN1CS/C(=C\c2c[nH]c3cnccc23)C1. The van der Waals surface area contributed by atoms with E-state index in [-0.39, 0.29) is 0 Å². The lowest BCUT2D eigenvalue weighted by atomic mass is 10.2. The van der Waals surface area contributed by atoms with E-state index >= 15 is 0 Å². The molecular weight excluding hydrogens is 230 g/mol. The summed E-state index contributed by atoms with van der Waals surface area (Å²) in [5.41, 5.74) is 2.37. The number of fused-ring (bicyclic) bond motifs is 1. The zero-order chi connectivity index (χ0) is 11.7. The van der Waals surface area contributed by atoms with E-state index in [1.807, 2.05) is 24.2 Å². The maximum absolute atomic E-state index is 4.12. The highest BCUT2D eigenvalue weighted by Crippen LogP contribution is 2.29. The van der Waals surface area contributed by atoms with Crippen LogP contribution in [0, 0.1) is 0 Å². The molecule has 1 fully saturated rings. The average Bonchev–Trinajstić information content (AvgIpc) is 2.97. The third kappa shape index (κ3) is 2.10. The minimum atomic E-state index is 1.08. The Hall–Kier alpha value is -1.26. The molecule has 0 saturated carbocycles. The van der Waals surface area contributed by atoms with Gasteiger partial charge in [-0.1, -0.05) is 6.92 Å². The largest absolute Gasteiger partial charge is 0.359 e. The Kier molecular flexibility index (Phi) is 2.91. The van der Waals surface area contributed by atoms with Gasteiger partial charge in [0.2, 0.25) is 0 Å². The molecule has 1 aliphatic heterocycles. The lowest BCUT2D eigenvalue weighted by Gasteiger charge is -2.07. The van der Waals surface area contributed by atoms with Crippen LogP contribution < -0.4 is 0 Å². The van der Waals surface area contributed by atoms with Gasteiger partial charge in [-0.3, -0.25) is 9.88 Å². The number of aromatic nitrogens is 2. The topological polar surface area (TPSA) is 31.9 Å². The molecule has 2 aromatic rings. The lowest BCUT2D eigenvalue weighted by Crippen LogP contribution is -2.17. The van der Waals surface area contributed by atoms with Gasteiger partial charge in [-0.2, -0.15) is 0 Å². The Morgan fingerprint density at radius 1 is 1.59 bits per heavy atom. The average molecular weight is 245 g/mol. The molecule has 0 unspecified atom stereocenters. The number of rotatable bonds is 2. The van der Waals surface area contributed by atoms with Gasteiger partial charge in [-0.25, -0.2) is 0 Å². The molecule has 0 bridgehead atoms. The fourth-order valence-electron chi connectivity index (χ4n) is 2.06. The molecule has 0 aliphatic carbocycles. The maximum atomic E-state index is 4.12. The molecule has 1 N–H and O–H groups in total. The van der Waals surface area contributed by atoms with E-state index < -0.39 is 0 Å². The molecule has 1 saturated heterocycles. The third-order valence-corrected chi connectivity index (χ3v) is 4.20. The summed E-state index contributed by atoms with van der Waals surface area (Å²) in [6.07, 6.45) is 8.07. The van der Waals surface area contributed by atoms with Crippen molar-refractivity contribution in [2.45, 2.75) is 6.92 Å². The monoisotopic (exact) mass is 245 g/mol. The summed E-state index contributed by atoms with van der Waals surface area (Å²) in [6, 6.07) is 2.06. The second kappa shape index (κ2) is 4.55. The van der Waals surface area contributed by atoms with Crippen LogP contribution in [0.15, 0.2) is 29.6 Å². The second-order valence-corrected chi connectivity index (χ2v) is 5.27. The Labute approximate surface area is 105 Å². The number of hydrogen-bond acceptors (Lipinski definition) is 3. The van der Waals surface area contributed by atoms with Crippen molar-refractivity contribution >= 4 is 28.7 Å². The van der Waals surface area contributed by atoms with Crippen LogP contribution in [0.4, 0.5) is 0 Å². The summed E-state index contributed by atoms with van der Waals surface area (Å²) in [5, 5.41) is 1.25. The summed E-state index contributed by atoms with van der Waals surface area (Å²) in [5.74, 6) is 1.12.